The number of nitrogens with zero attached hydrogens (tertiary/aromatic N) is 1. The third-order valence-corrected chi connectivity index (χ3v) is 4.02. The van der Waals surface area contributed by atoms with E-state index >= 15 is 0 Å². The summed E-state index contributed by atoms with van der Waals surface area (Å²) in [4.78, 5) is 1.20. The summed E-state index contributed by atoms with van der Waals surface area (Å²) in [6, 6.07) is 10.4. The topological polar surface area (TPSA) is 45.0 Å². The van der Waals surface area contributed by atoms with E-state index in [1.807, 2.05) is 26.0 Å². The Bertz CT molecular complexity index is 427. The second-order valence-corrected chi connectivity index (χ2v) is 6.29. The molecule has 0 saturated heterocycles. The van der Waals surface area contributed by atoms with E-state index in [2.05, 4.69) is 30.4 Å². The fraction of sp³-hybridized carbons (Fsp3) is 0.533. The molecule has 0 saturated carbocycles. The highest BCUT2D eigenvalue weighted by Gasteiger charge is 2.25. The predicted octanol–water partition coefficient (Wildman–Crippen LogP) is 3.46. The van der Waals surface area contributed by atoms with Gasteiger partial charge in [-0.3, -0.25) is 5.32 Å². The van der Waals surface area contributed by atoms with E-state index in [1.54, 1.807) is 18.9 Å². The lowest BCUT2D eigenvalue weighted by molar-refractivity contribution is 0.414. The van der Waals surface area contributed by atoms with Crippen LogP contribution >= 0.6 is 11.8 Å². The second kappa shape index (κ2) is 7.42. The largest absolute Gasteiger partial charge is 0.497 e. The van der Waals surface area contributed by atoms with Gasteiger partial charge in [0.1, 0.15) is 11.3 Å². The number of methoxy groups -OCH3 is 1. The van der Waals surface area contributed by atoms with Gasteiger partial charge in [-0.15, -0.1) is 11.8 Å². The maximum absolute atomic E-state index is 9.26. The van der Waals surface area contributed by atoms with Crippen molar-refractivity contribution in [2.45, 2.75) is 42.9 Å². The third-order valence-electron chi connectivity index (χ3n) is 2.91. The zero-order valence-electron chi connectivity index (χ0n) is 12.1. The molecule has 0 aliphatic carbocycles. The summed E-state index contributed by atoms with van der Waals surface area (Å²) in [6.45, 7) is 6.95. The van der Waals surface area contributed by atoms with E-state index < -0.39 is 5.54 Å². The zero-order chi connectivity index (χ0) is 14.3. The molecule has 1 aromatic carbocycles. The normalized spacial score (nSPS) is 15.3. The first-order chi connectivity index (χ1) is 9.03. The van der Waals surface area contributed by atoms with Crippen molar-refractivity contribution in [1.29, 1.82) is 5.26 Å². The Balaban J connectivity index is 2.59. The summed E-state index contributed by atoms with van der Waals surface area (Å²) in [5.41, 5.74) is -0.451. The molecule has 0 bridgehead atoms. The van der Waals surface area contributed by atoms with Gasteiger partial charge in [0, 0.05) is 10.1 Å². The van der Waals surface area contributed by atoms with Crippen LogP contribution in [0.25, 0.3) is 0 Å². The first-order valence-electron chi connectivity index (χ1n) is 6.50. The van der Waals surface area contributed by atoms with E-state index in [1.165, 1.54) is 4.90 Å². The van der Waals surface area contributed by atoms with Gasteiger partial charge in [-0.1, -0.05) is 13.8 Å². The molecule has 3 nitrogen and oxygen atoms in total. The molecular formula is C15H22N2OS. The van der Waals surface area contributed by atoms with Gasteiger partial charge in [0.25, 0.3) is 0 Å². The maximum Gasteiger partial charge on any atom is 0.118 e. The molecule has 2 unspecified atom stereocenters. The standard InChI is InChI=1S/C15H22N2OS/c1-5-17-15(3,11-16)10-12(2)19-14-8-6-13(18-4)7-9-14/h6-9,12,17H,5,10H2,1-4H3. The van der Waals surface area contributed by atoms with Gasteiger partial charge >= 0.3 is 0 Å². The van der Waals surface area contributed by atoms with Crippen LogP contribution in [0.2, 0.25) is 0 Å². The molecule has 0 aliphatic heterocycles. The predicted molar refractivity (Wildman–Crippen MR) is 80.6 cm³/mol. The van der Waals surface area contributed by atoms with Crippen molar-refractivity contribution in [3.05, 3.63) is 24.3 Å². The molecule has 0 aromatic heterocycles. The minimum Gasteiger partial charge on any atom is -0.497 e. The van der Waals surface area contributed by atoms with Crippen LogP contribution in [0, 0.1) is 11.3 Å². The molecule has 19 heavy (non-hydrogen) atoms. The fourth-order valence-corrected chi connectivity index (χ4v) is 3.23. The number of ether oxygens (including phenoxy) is 1. The van der Waals surface area contributed by atoms with Gasteiger partial charge in [-0.05, 0) is 44.2 Å². The van der Waals surface area contributed by atoms with Crippen molar-refractivity contribution in [3.63, 3.8) is 0 Å². The van der Waals surface area contributed by atoms with Crippen LogP contribution in [0.1, 0.15) is 27.2 Å². The summed E-state index contributed by atoms with van der Waals surface area (Å²) in [5.74, 6) is 0.867. The Morgan fingerprint density at radius 2 is 2.05 bits per heavy atom. The Kier molecular flexibility index (Phi) is 6.20. The molecule has 0 heterocycles. The molecule has 2 atom stereocenters. The van der Waals surface area contributed by atoms with Crippen molar-refractivity contribution in [2.75, 3.05) is 13.7 Å². The number of thioether (sulfide) groups is 1. The van der Waals surface area contributed by atoms with Gasteiger partial charge in [-0.25, -0.2) is 0 Å². The lowest BCUT2D eigenvalue weighted by Gasteiger charge is -2.25. The van der Waals surface area contributed by atoms with Crippen molar-refractivity contribution >= 4 is 11.8 Å². The summed E-state index contributed by atoms with van der Waals surface area (Å²) < 4.78 is 5.14. The minimum absolute atomic E-state index is 0.372. The monoisotopic (exact) mass is 278 g/mol. The number of rotatable bonds is 7. The van der Waals surface area contributed by atoms with Crippen molar-refractivity contribution in [1.82, 2.24) is 5.32 Å². The van der Waals surface area contributed by atoms with Crippen LogP contribution in [0.3, 0.4) is 0 Å². The Labute approximate surface area is 120 Å². The summed E-state index contributed by atoms with van der Waals surface area (Å²) in [5, 5.41) is 12.9. The van der Waals surface area contributed by atoms with Crippen LogP contribution in [-0.2, 0) is 0 Å². The van der Waals surface area contributed by atoms with E-state index in [9.17, 15) is 5.26 Å². The molecule has 4 heteroatoms. The smallest absolute Gasteiger partial charge is 0.118 e. The SMILES string of the molecule is CCNC(C)(C#N)CC(C)Sc1ccc(OC)cc1. The highest BCUT2D eigenvalue weighted by molar-refractivity contribution is 7.99. The van der Waals surface area contributed by atoms with Crippen molar-refractivity contribution in [3.8, 4) is 11.8 Å². The van der Waals surface area contributed by atoms with Crippen molar-refractivity contribution in [2.24, 2.45) is 0 Å². The molecule has 1 rings (SSSR count). The first kappa shape index (κ1) is 15.9. The fourth-order valence-electron chi connectivity index (χ4n) is 2.05. The number of hydrogen-bond acceptors (Lipinski definition) is 4. The van der Waals surface area contributed by atoms with Gasteiger partial charge in [-0.2, -0.15) is 5.26 Å². The molecule has 0 aliphatic rings. The maximum atomic E-state index is 9.26. The summed E-state index contributed by atoms with van der Waals surface area (Å²) >= 11 is 1.78. The molecule has 1 aromatic rings. The molecule has 0 fully saturated rings. The zero-order valence-corrected chi connectivity index (χ0v) is 12.9. The molecule has 104 valence electrons. The third kappa shape index (κ3) is 5.14. The quantitative estimate of drug-likeness (QED) is 0.776. The number of hydrogen-bond donors (Lipinski definition) is 1. The van der Waals surface area contributed by atoms with Crippen LogP contribution < -0.4 is 10.1 Å². The highest BCUT2D eigenvalue weighted by Crippen LogP contribution is 2.29. The Morgan fingerprint density at radius 3 is 2.53 bits per heavy atom. The lowest BCUT2D eigenvalue weighted by Crippen LogP contribution is -2.42. The molecule has 0 amide bonds. The van der Waals surface area contributed by atoms with E-state index in [0.29, 0.717) is 5.25 Å². The van der Waals surface area contributed by atoms with Crippen LogP contribution in [-0.4, -0.2) is 24.4 Å². The molecule has 1 N–H and O–H groups in total. The molecular weight excluding hydrogens is 256 g/mol. The lowest BCUT2D eigenvalue weighted by atomic mass is 9.98. The van der Waals surface area contributed by atoms with Crippen molar-refractivity contribution < 1.29 is 4.74 Å². The Hall–Kier alpha value is -1.18. The van der Waals surface area contributed by atoms with Gasteiger partial charge in [0.05, 0.1) is 13.2 Å². The molecule has 0 spiro atoms. The number of benzene rings is 1. The van der Waals surface area contributed by atoms with Gasteiger partial charge < -0.3 is 4.74 Å². The average molecular weight is 278 g/mol. The highest BCUT2D eigenvalue weighted by atomic mass is 32.2. The first-order valence-corrected chi connectivity index (χ1v) is 7.38. The summed E-state index contributed by atoms with van der Waals surface area (Å²) in [7, 11) is 1.67. The average Bonchev–Trinajstić information content (AvgIpc) is 2.39. The summed E-state index contributed by atoms with van der Waals surface area (Å²) in [6.07, 6.45) is 0.814. The van der Waals surface area contributed by atoms with Gasteiger partial charge in [0.2, 0.25) is 0 Å². The van der Waals surface area contributed by atoms with E-state index in [0.717, 1.165) is 18.7 Å². The van der Waals surface area contributed by atoms with Crippen LogP contribution in [0.4, 0.5) is 0 Å². The van der Waals surface area contributed by atoms with Gasteiger partial charge in [0.15, 0.2) is 0 Å². The minimum atomic E-state index is -0.451. The van der Waals surface area contributed by atoms with E-state index in [4.69, 9.17) is 4.74 Å². The number of nitrogens with one attached hydrogen (secondary N) is 1. The van der Waals surface area contributed by atoms with E-state index in [-0.39, 0.29) is 0 Å². The second-order valence-electron chi connectivity index (χ2n) is 4.78. The molecule has 0 radical (unpaired) electrons. The Morgan fingerprint density at radius 1 is 1.42 bits per heavy atom. The number of nitriles is 1. The van der Waals surface area contributed by atoms with Crippen LogP contribution in [0.5, 0.6) is 5.75 Å². The van der Waals surface area contributed by atoms with Crippen LogP contribution in [0.15, 0.2) is 29.2 Å².